The predicted octanol–water partition coefficient (Wildman–Crippen LogP) is 5.59. The maximum absolute atomic E-state index is 14.2. The number of methoxy groups -OCH3 is 3. The molecule has 1 atom stereocenters. The second kappa shape index (κ2) is 13.1. The van der Waals surface area contributed by atoms with Crippen LogP contribution >= 0.6 is 22.9 Å². The molecule has 0 saturated carbocycles. The monoisotopic (exact) mass is 669 g/mol. The number of hydrogen-bond donors (Lipinski definition) is 1. The van der Waals surface area contributed by atoms with Crippen LogP contribution in [-0.4, -0.2) is 37.8 Å². The number of anilines is 1. The normalized spacial score (nSPS) is 14.3. The van der Waals surface area contributed by atoms with E-state index in [-0.39, 0.29) is 16.7 Å². The van der Waals surface area contributed by atoms with E-state index >= 15 is 0 Å². The van der Waals surface area contributed by atoms with Gasteiger partial charge in [-0.2, -0.15) is 0 Å². The summed E-state index contributed by atoms with van der Waals surface area (Å²) in [5.41, 5.74) is 2.25. The zero-order chi connectivity index (χ0) is 33.2. The molecule has 12 heteroatoms. The maximum Gasteiger partial charge on any atom is 0.338 e. The number of amides is 1. The Hall–Kier alpha value is -5.39. The Morgan fingerprint density at radius 1 is 1.00 bits per heavy atom. The summed E-state index contributed by atoms with van der Waals surface area (Å²) in [6, 6.07) is 21.5. The summed E-state index contributed by atoms with van der Waals surface area (Å²) in [7, 11) is 4.35. The number of aromatic nitrogens is 1. The molecule has 1 aliphatic rings. The Labute approximate surface area is 277 Å². The highest BCUT2D eigenvalue weighted by Gasteiger charge is 2.34. The lowest BCUT2D eigenvalue weighted by Gasteiger charge is -2.26. The number of furan rings is 1. The summed E-state index contributed by atoms with van der Waals surface area (Å²) in [5, 5.41) is 3.35. The average Bonchev–Trinajstić information content (AvgIpc) is 3.67. The molecule has 2 aromatic heterocycles. The van der Waals surface area contributed by atoms with Gasteiger partial charge < -0.3 is 23.9 Å². The molecule has 6 rings (SSSR count). The van der Waals surface area contributed by atoms with Crippen molar-refractivity contribution in [2.24, 2.45) is 4.99 Å². The van der Waals surface area contributed by atoms with Gasteiger partial charge in [0, 0.05) is 34.0 Å². The van der Waals surface area contributed by atoms with Crippen molar-refractivity contribution in [1.29, 1.82) is 0 Å². The summed E-state index contributed by atoms with van der Waals surface area (Å²) in [4.78, 5) is 45.6. The van der Waals surface area contributed by atoms with Crippen LogP contribution in [0.2, 0.25) is 5.02 Å². The fourth-order valence-electron chi connectivity index (χ4n) is 5.38. The van der Waals surface area contributed by atoms with Gasteiger partial charge in [0.05, 0.1) is 42.7 Å². The Kier molecular flexibility index (Phi) is 8.84. The molecule has 3 heterocycles. The van der Waals surface area contributed by atoms with Gasteiger partial charge in [-0.15, -0.1) is 0 Å². The van der Waals surface area contributed by atoms with Crippen LogP contribution in [0.25, 0.3) is 17.4 Å². The van der Waals surface area contributed by atoms with E-state index in [9.17, 15) is 14.4 Å². The summed E-state index contributed by atoms with van der Waals surface area (Å²) in [5.74, 6) is 0.758. The molecule has 0 radical (unpaired) electrons. The maximum atomic E-state index is 14.2. The first kappa shape index (κ1) is 31.6. The minimum Gasteiger partial charge on any atom is -0.497 e. The molecular weight excluding hydrogens is 642 g/mol. The highest BCUT2D eigenvalue weighted by Crippen LogP contribution is 2.38. The number of carbonyl (C=O) groups excluding carboxylic acids is 2. The molecular formula is C35H28ClN3O7S. The molecule has 0 fully saturated rings. The smallest absolute Gasteiger partial charge is 0.338 e. The van der Waals surface area contributed by atoms with Crippen LogP contribution < -0.4 is 29.7 Å². The molecule has 1 aliphatic heterocycles. The van der Waals surface area contributed by atoms with E-state index in [4.69, 9.17) is 35.2 Å². The highest BCUT2D eigenvalue weighted by atomic mass is 35.5. The van der Waals surface area contributed by atoms with Crippen molar-refractivity contribution in [3.05, 3.63) is 132 Å². The first-order chi connectivity index (χ1) is 22.7. The standard InChI is InChI=1S/C35H28ClN3O7S/c1-19-30(32(40)38-21-8-6-5-7-9-21)31(25-14-11-22(43-2)17-28(25)44-3)39-33(41)29(47-35(39)37-19)18-23-12-15-27(46-23)26-16-20(36)10-13-24(26)34(42)45-4/h5-18,31H,1-4H3,(H,38,40)/b29-18+/t31-/m0/s1. The third-order valence-corrected chi connectivity index (χ3v) is 8.80. The number of thiazole rings is 1. The largest absolute Gasteiger partial charge is 0.497 e. The third kappa shape index (κ3) is 6.10. The Bertz CT molecular complexity index is 2230. The molecule has 1 amide bonds. The van der Waals surface area contributed by atoms with Crippen molar-refractivity contribution >= 4 is 46.6 Å². The number of nitrogens with one attached hydrogen (secondary N) is 1. The van der Waals surface area contributed by atoms with Crippen molar-refractivity contribution < 1.29 is 28.2 Å². The second-order valence-corrected chi connectivity index (χ2v) is 11.8. The summed E-state index contributed by atoms with van der Waals surface area (Å²) in [6.07, 6.45) is 1.60. The molecule has 0 unspecified atom stereocenters. The second-order valence-electron chi connectivity index (χ2n) is 10.4. The van der Waals surface area contributed by atoms with Gasteiger partial charge in [-0.1, -0.05) is 41.1 Å². The number of esters is 1. The van der Waals surface area contributed by atoms with Crippen LogP contribution in [0.3, 0.4) is 0 Å². The molecule has 0 aliphatic carbocycles. The van der Waals surface area contributed by atoms with Crippen LogP contribution in [0.1, 0.15) is 34.6 Å². The number of fused-ring (bicyclic) bond motifs is 1. The summed E-state index contributed by atoms with van der Waals surface area (Å²) < 4.78 is 23.9. The number of benzene rings is 3. The van der Waals surface area contributed by atoms with Crippen molar-refractivity contribution in [2.45, 2.75) is 13.0 Å². The topological polar surface area (TPSA) is 121 Å². The summed E-state index contributed by atoms with van der Waals surface area (Å²) in [6.45, 7) is 1.74. The molecule has 0 bridgehead atoms. The van der Waals surface area contributed by atoms with Crippen LogP contribution in [0.4, 0.5) is 5.69 Å². The van der Waals surface area contributed by atoms with Crippen molar-refractivity contribution in [3.8, 4) is 22.8 Å². The minimum atomic E-state index is -0.876. The molecule has 5 aromatic rings. The number of halogens is 1. The van der Waals surface area contributed by atoms with Gasteiger partial charge in [0.1, 0.15) is 29.1 Å². The van der Waals surface area contributed by atoms with E-state index < -0.39 is 17.9 Å². The predicted molar refractivity (Wildman–Crippen MR) is 179 cm³/mol. The Morgan fingerprint density at radius 2 is 1.79 bits per heavy atom. The number of carbonyl (C=O) groups is 2. The molecule has 238 valence electrons. The van der Waals surface area contributed by atoms with Crippen molar-refractivity contribution in [3.63, 3.8) is 0 Å². The molecule has 0 saturated heterocycles. The van der Waals surface area contributed by atoms with E-state index in [0.29, 0.717) is 59.9 Å². The van der Waals surface area contributed by atoms with Crippen LogP contribution in [-0.2, 0) is 9.53 Å². The molecule has 1 N–H and O–H groups in total. The average molecular weight is 670 g/mol. The van der Waals surface area contributed by atoms with Crippen molar-refractivity contribution in [1.82, 2.24) is 4.57 Å². The van der Waals surface area contributed by atoms with Crippen LogP contribution in [0.5, 0.6) is 11.5 Å². The fraction of sp³-hybridized carbons (Fsp3) is 0.143. The van der Waals surface area contributed by atoms with Gasteiger partial charge in [0.15, 0.2) is 4.80 Å². The quantitative estimate of drug-likeness (QED) is 0.214. The summed E-state index contributed by atoms with van der Waals surface area (Å²) >= 11 is 7.38. The molecule has 3 aromatic carbocycles. The number of ether oxygens (including phenoxy) is 3. The van der Waals surface area contributed by atoms with Crippen molar-refractivity contribution in [2.75, 3.05) is 26.6 Å². The van der Waals surface area contributed by atoms with Gasteiger partial charge >= 0.3 is 5.97 Å². The molecule has 47 heavy (non-hydrogen) atoms. The van der Waals surface area contributed by atoms with E-state index in [0.717, 1.165) is 11.3 Å². The minimum absolute atomic E-state index is 0.280. The Balaban J connectivity index is 1.48. The first-order valence-corrected chi connectivity index (χ1v) is 15.5. The number of allylic oxidation sites excluding steroid dienone is 1. The fourth-order valence-corrected chi connectivity index (χ4v) is 6.58. The van der Waals surface area contributed by atoms with Gasteiger partial charge in [0.2, 0.25) is 0 Å². The van der Waals surface area contributed by atoms with E-state index in [1.165, 1.54) is 18.8 Å². The van der Waals surface area contributed by atoms with E-state index in [1.54, 1.807) is 80.8 Å². The number of hydrogen-bond acceptors (Lipinski definition) is 9. The number of rotatable bonds is 8. The lowest BCUT2D eigenvalue weighted by Crippen LogP contribution is -2.40. The SMILES string of the molecule is COC(=O)c1ccc(Cl)cc1-c1ccc(/C=c2/sc3n(c2=O)[C@@H](c2ccc(OC)cc2OC)C(C(=O)Nc2ccccc2)=C(C)N=3)o1. The van der Waals surface area contributed by atoms with Gasteiger partial charge in [-0.3, -0.25) is 14.2 Å². The lowest BCUT2D eigenvalue weighted by molar-refractivity contribution is -0.113. The zero-order valence-corrected chi connectivity index (χ0v) is 27.3. The molecule has 0 spiro atoms. The van der Waals surface area contributed by atoms with E-state index in [2.05, 4.69) is 5.32 Å². The Morgan fingerprint density at radius 3 is 2.51 bits per heavy atom. The highest BCUT2D eigenvalue weighted by molar-refractivity contribution is 7.07. The lowest BCUT2D eigenvalue weighted by atomic mass is 9.94. The van der Waals surface area contributed by atoms with E-state index in [1.807, 2.05) is 18.2 Å². The van der Waals surface area contributed by atoms with Gasteiger partial charge in [0.25, 0.3) is 11.5 Å². The van der Waals surface area contributed by atoms with Gasteiger partial charge in [-0.05, 0) is 61.5 Å². The van der Waals surface area contributed by atoms with Crippen LogP contribution in [0.15, 0.2) is 104 Å². The zero-order valence-electron chi connectivity index (χ0n) is 25.7. The van der Waals surface area contributed by atoms with Gasteiger partial charge in [-0.25, -0.2) is 9.79 Å². The number of para-hydroxylation sites is 1. The number of nitrogens with zero attached hydrogens (tertiary/aromatic N) is 2. The molecule has 10 nitrogen and oxygen atoms in total. The first-order valence-electron chi connectivity index (χ1n) is 14.3. The van der Waals surface area contributed by atoms with Crippen LogP contribution in [0, 0.1) is 0 Å². The third-order valence-electron chi connectivity index (χ3n) is 7.59.